The standard InChI is InChI=1S/C10H20N4O2S/c1-2-9(8-11)17(15,16)14-5-3-4-10-12-6-7-13-10/h6-7,9,14H,2-5,8,11H2,1H3,(H,12,13). The number of nitrogens with zero attached hydrogens (tertiary/aromatic N) is 1. The van der Waals surface area contributed by atoms with Crippen molar-refractivity contribution in [3.05, 3.63) is 18.2 Å². The molecular formula is C10H20N4O2S. The number of sulfonamides is 1. The van der Waals surface area contributed by atoms with E-state index in [4.69, 9.17) is 5.73 Å². The first-order valence-electron chi connectivity index (χ1n) is 5.77. The zero-order chi connectivity index (χ0) is 12.7. The molecule has 98 valence electrons. The van der Waals surface area contributed by atoms with Crippen molar-refractivity contribution in [1.29, 1.82) is 0 Å². The second-order valence-corrected chi connectivity index (χ2v) is 5.89. The Balaban J connectivity index is 2.30. The predicted molar refractivity (Wildman–Crippen MR) is 67.0 cm³/mol. The van der Waals surface area contributed by atoms with Crippen LogP contribution >= 0.6 is 0 Å². The van der Waals surface area contributed by atoms with E-state index in [1.54, 1.807) is 12.4 Å². The first-order chi connectivity index (χ1) is 8.10. The molecule has 0 radical (unpaired) electrons. The van der Waals surface area contributed by atoms with Gasteiger partial charge in [0, 0.05) is 31.9 Å². The zero-order valence-corrected chi connectivity index (χ0v) is 10.8. The first-order valence-corrected chi connectivity index (χ1v) is 7.31. The number of aryl methyl sites for hydroxylation is 1. The Labute approximate surface area is 102 Å². The maximum Gasteiger partial charge on any atom is 0.215 e. The van der Waals surface area contributed by atoms with Crippen molar-refractivity contribution in [3.63, 3.8) is 0 Å². The van der Waals surface area contributed by atoms with Gasteiger partial charge in [-0.3, -0.25) is 0 Å². The summed E-state index contributed by atoms with van der Waals surface area (Å²) in [7, 11) is -3.27. The smallest absolute Gasteiger partial charge is 0.215 e. The van der Waals surface area contributed by atoms with Gasteiger partial charge in [0.2, 0.25) is 10.0 Å². The summed E-state index contributed by atoms with van der Waals surface area (Å²) in [6.45, 7) is 2.39. The lowest BCUT2D eigenvalue weighted by molar-refractivity contribution is 0.558. The van der Waals surface area contributed by atoms with Crippen molar-refractivity contribution in [2.75, 3.05) is 13.1 Å². The number of hydrogen-bond acceptors (Lipinski definition) is 4. The fourth-order valence-electron chi connectivity index (χ4n) is 1.54. The van der Waals surface area contributed by atoms with Crippen LogP contribution in [0.1, 0.15) is 25.6 Å². The van der Waals surface area contributed by atoms with E-state index in [2.05, 4.69) is 14.7 Å². The average molecular weight is 260 g/mol. The summed E-state index contributed by atoms with van der Waals surface area (Å²) < 4.78 is 26.1. The lowest BCUT2D eigenvalue weighted by Gasteiger charge is -2.14. The fraction of sp³-hybridized carbons (Fsp3) is 0.700. The minimum atomic E-state index is -3.27. The highest BCUT2D eigenvalue weighted by Gasteiger charge is 2.21. The molecular weight excluding hydrogens is 240 g/mol. The van der Waals surface area contributed by atoms with Crippen molar-refractivity contribution < 1.29 is 8.42 Å². The molecule has 1 aromatic rings. The SMILES string of the molecule is CCC(CN)S(=O)(=O)NCCCc1ncc[nH]1. The van der Waals surface area contributed by atoms with Gasteiger partial charge in [-0.05, 0) is 12.8 Å². The number of aromatic amines is 1. The molecule has 0 aliphatic rings. The number of hydrogen-bond donors (Lipinski definition) is 3. The maximum atomic E-state index is 11.7. The van der Waals surface area contributed by atoms with Crippen LogP contribution in [-0.4, -0.2) is 36.7 Å². The summed E-state index contributed by atoms with van der Waals surface area (Å²) in [5.41, 5.74) is 5.42. The first kappa shape index (κ1) is 14.1. The number of H-pyrrole nitrogens is 1. The number of nitrogens with one attached hydrogen (secondary N) is 2. The van der Waals surface area contributed by atoms with Crippen molar-refractivity contribution in [2.24, 2.45) is 5.73 Å². The molecule has 1 aromatic heterocycles. The Morgan fingerprint density at radius 2 is 2.35 bits per heavy atom. The van der Waals surface area contributed by atoms with Gasteiger partial charge in [0.05, 0.1) is 5.25 Å². The lowest BCUT2D eigenvalue weighted by Crippen LogP contribution is -2.39. The Bertz CT molecular complexity index is 398. The van der Waals surface area contributed by atoms with Crippen LogP contribution in [0.25, 0.3) is 0 Å². The summed E-state index contributed by atoms with van der Waals surface area (Å²) in [6.07, 6.45) is 5.41. The number of rotatable bonds is 8. The molecule has 0 fully saturated rings. The highest BCUT2D eigenvalue weighted by molar-refractivity contribution is 7.90. The molecule has 1 unspecified atom stereocenters. The number of aromatic nitrogens is 2. The minimum absolute atomic E-state index is 0.157. The van der Waals surface area contributed by atoms with Crippen LogP contribution in [0.2, 0.25) is 0 Å². The van der Waals surface area contributed by atoms with Gasteiger partial charge in [-0.15, -0.1) is 0 Å². The molecule has 0 aliphatic heterocycles. The van der Waals surface area contributed by atoms with Gasteiger partial charge in [0.25, 0.3) is 0 Å². The number of nitrogens with two attached hydrogens (primary N) is 1. The number of imidazole rings is 1. The molecule has 1 atom stereocenters. The Morgan fingerprint density at radius 1 is 1.59 bits per heavy atom. The monoisotopic (exact) mass is 260 g/mol. The van der Waals surface area contributed by atoms with E-state index in [0.29, 0.717) is 19.4 Å². The molecule has 1 heterocycles. The van der Waals surface area contributed by atoms with E-state index in [-0.39, 0.29) is 6.54 Å². The maximum absolute atomic E-state index is 11.7. The lowest BCUT2D eigenvalue weighted by atomic mass is 10.3. The van der Waals surface area contributed by atoms with E-state index in [1.165, 1.54) is 0 Å². The van der Waals surface area contributed by atoms with Crippen LogP contribution in [0.3, 0.4) is 0 Å². The average Bonchev–Trinajstić information content (AvgIpc) is 2.78. The molecule has 7 heteroatoms. The summed E-state index contributed by atoms with van der Waals surface area (Å²) >= 11 is 0. The molecule has 0 saturated carbocycles. The Hall–Kier alpha value is -0.920. The summed E-state index contributed by atoms with van der Waals surface area (Å²) in [5.74, 6) is 0.870. The van der Waals surface area contributed by atoms with Gasteiger partial charge in [-0.2, -0.15) is 0 Å². The van der Waals surface area contributed by atoms with E-state index in [1.807, 2.05) is 6.92 Å². The molecule has 1 rings (SSSR count). The third-order valence-electron chi connectivity index (χ3n) is 2.61. The molecule has 0 saturated heterocycles. The third-order valence-corrected chi connectivity index (χ3v) is 4.62. The van der Waals surface area contributed by atoms with E-state index >= 15 is 0 Å². The van der Waals surface area contributed by atoms with E-state index in [9.17, 15) is 8.42 Å². The molecule has 0 amide bonds. The van der Waals surface area contributed by atoms with Crippen LogP contribution in [-0.2, 0) is 16.4 Å². The molecule has 0 bridgehead atoms. The predicted octanol–water partition coefficient (Wildman–Crippen LogP) is -0.001000. The van der Waals surface area contributed by atoms with Crippen LogP contribution < -0.4 is 10.5 Å². The molecule has 17 heavy (non-hydrogen) atoms. The van der Waals surface area contributed by atoms with Crippen LogP contribution in [0.15, 0.2) is 12.4 Å². The zero-order valence-electron chi connectivity index (χ0n) is 10.0. The summed E-state index contributed by atoms with van der Waals surface area (Å²) in [4.78, 5) is 7.04. The van der Waals surface area contributed by atoms with Crippen molar-refractivity contribution in [1.82, 2.24) is 14.7 Å². The highest BCUT2D eigenvalue weighted by Crippen LogP contribution is 2.02. The van der Waals surface area contributed by atoms with Gasteiger partial charge in [0.1, 0.15) is 5.82 Å². The summed E-state index contributed by atoms with van der Waals surface area (Å²) in [5, 5.41) is -0.494. The van der Waals surface area contributed by atoms with Gasteiger partial charge in [0.15, 0.2) is 0 Å². The Kier molecular flexibility index (Phi) is 5.60. The van der Waals surface area contributed by atoms with Crippen molar-refractivity contribution in [3.8, 4) is 0 Å². The van der Waals surface area contributed by atoms with Crippen LogP contribution in [0.4, 0.5) is 0 Å². The minimum Gasteiger partial charge on any atom is -0.349 e. The molecule has 0 aromatic carbocycles. The largest absolute Gasteiger partial charge is 0.349 e. The topological polar surface area (TPSA) is 101 Å². The van der Waals surface area contributed by atoms with Gasteiger partial charge in [-0.25, -0.2) is 18.1 Å². The Morgan fingerprint density at radius 3 is 2.88 bits per heavy atom. The van der Waals surface area contributed by atoms with Crippen LogP contribution in [0, 0.1) is 0 Å². The van der Waals surface area contributed by atoms with Gasteiger partial charge >= 0.3 is 0 Å². The molecule has 4 N–H and O–H groups in total. The van der Waals surface area contributed by atoms with Crippen molar-refractivity contribution in [2.45, 2.75) is 31.4 Å². The second-order valence-electron chi connectivity index (χ2n) is 3.84. The molecule has 0 aliphatic carbocycles. The van der Waals surface area contributed by atoms with Gasteiger partial charge < -0.3 is 10.7 Å². The normalized spacial score (nSPS) is 13.8. The van der Waals surface area contributed by atoms with Crippen molar-refractivity contribution >= 4 is 10.0 Å². The molecule has 0 spiro atoms. The quantitative estimate of drug-likeness (QED) is 0.573. The third kappa shape index (κ3) is 4.45. The van der Waals surface area contributed by atoms with Crippen LogP contribution in [0.5, 0.6) is 0 Å². The summed E-state index contributed by atoms with van der Waals surface area (Å²) in [6, 6.07) is 0. The van der Waals surface area contributed by atoms with Gasteiger partial charge in [-0.1, -0.05) is 6.92 Å². The molecule has 6 nitrogen and oxygen atoms in total. The fourth-order valence-corrected chi connectivity index (χ4v) is 2.89. The van der Waals surface area contributed by atoms with E-state index in [0.717, 1.165) is 12.2 Å². The van der Waals surface area contributed by atoms with E-state index < -0.39 is 15.3 Å². The highest BCUT2D eigenvalue weighted by atomic mass is 32.2. The second kappa shape index (κ2) is 6.73.